The summed E-state index contributed by atoms with van der Waals surface area (Å²) in [5.41, 5.74) is 4.13. The number of hydrogen-bond acceptors (Lipinski definition) is 3. The molecule has 0 bridgehead atoms. The summed E-state index contributed by atoms with van der Waals surface area (Å²) < 4.78 is 5.67. The van der Waals surface area contributed by atoms with Gasteiger partial charge in [-0.15, -0.1) is 5.56 Å². The van der Waals surface area contributed by atoms with Gasteiger partial charge in [-0.05, 0) is 22.1 Å². The van der Waals surface area contributed by atoms with E-state index in [9.17, 15) is 5.11 Å². The van der Waals surface area contributed by atoms with Crippen LogP contribution in [-0.2, 0) is 27.4 Å². The van der Waals surface area contributed by atoms with Gasteiger partial charge in [-0.1, -0.05) is 93.9 Å². The van der Waals surface area contributed by atoms with Crippen LogP contribution in [0.5, 0.6) is 0 Å². The van der Waals surface area contributed by atoms with E-state index in [-0.39, 0.29) is 28.5 Å². The second-order valence-electron chi connectivity index (χ2n) is 9.87. The topological polar surface area (TPSA) is 41.8 Å². The molecule has 188 valence electrons. The fourth-order valence-corrected chi connectivity index (χ4v) is 4.19. The summed E-state index contributed by atoms with van der Waals surface area (Å²) in [6, 6.07) is 33.8. The van der Waals surface area contributed by atoms with Crippen LogP contribution in [0.1, 0.15) is 48.6 Å². The Bertz CT molecular complexity index is 1160. The zero-order valence-corrected chi connectivity index (χ0v) is 21.9. The molecule has 5 rings (SSSR count). The van der Waals surface area contributed by atoms with Crippen molar-refractivity contribution in [2.75, 3.05) is 6.61 Å². The van der Waals surface area contributed by atoms with Crippen LogP contribution in [-0.4, -0.2) is 23.7 Å². The van der Waals surface area contributed by atoms with Crippen molar-refractivity contribution >= 4 is 5.90 Å². The van der Waals surface area contributed by atoms with E-state index >= 15 is 0 Å². The molecule has 0 aromatic heterocycles. The van der Waals surface area contributed by atoms with Gasteiger partial charge in [0, 0.05) is 17.1 Å². The largest absolute Gasteiger partial charge is 0.747 e. The van der Waals surface area contributed by atoms with Gasteiger partial charge in [0.1, 0.15) is 5.90 Å². The Morgan fingerprint density at radius 2 is 1.43 bits per heavy atom. The second-order valence-corrected chi connectivity index (χ2v) is 9.87. The molecule has 1 atom stereocenters. The summed E-state index contributed by atoms with van der Waals surface area (Å²) in [6.07, 6.45) is 0. The van der Waals surface area contributed by atoms with Crippen LogP contribution in [0.4, 0.5) is 0 Å². The van der Waals surface area contributed by atoms with Crippen LogP contribution in [0, 0.1) is 12.3 Å². The number of hydrogen-bond donors (Lipinski definition) is 1. The minimum atomic E-state index is -1.09. The number of aliphatic imine (C=N–C) groups is 1. The van der Waals surface area contributed by atoms with Gasteiger partial charge in [-0.3, -0.25) is 4.99 Å². The van der Waals surface area contributed by atoms with Gasteiger partial charge in [0.05, 0.1) is 12.6 Å². The molecule has 35 heavy (non-hydrogen) atoms. The molecular weight excluding hydrogens is 474 g/mol. The molecule has 1 N–H and O–H groups in total. The standard InChI is InChI=1S/C18H15O.C13H18NO.Fe/c19-18(17-13-7-8-14-17,15-9-3-1-4-10-15)16-11-5-2-6-12-16;1-9-6-5-7-10(9)12-14-11(8-15-12)13(2,3)4;/h1-14,19H;5-7,11H,8H2,1-4H3;/q-5;-1;. The average molecular weight is 507 g/mol. The zero-order valence-electron chi connectivity index (χ0n) is 20.8. The maximum Gasteiger partial charge on any atom is 0.130 e. The first-order valence-corrected chi connectivity index (χ1v) is 11.8. The Labute approximate surface area is 219 Å². The van der Waals surface area contributed by atoms with E-state index in [1.165, 1.54) is 5.56 Å². The maximum absolute atomic E-state index is 11.3. The number of aryl methyl sites for hydroxylation is 1. The quantitative estimate of drug-likeness (QED) is 0.250. The van der Waals surface area contributed by atoms with Crippen molar-refractivity contribution in [2.45, 2.75) is 39.3 Å². The molecule has 0 saturated carbocycles. The number of ether oxygens (including phenoxy) is 1. The van der Waals surface area contributed by atoms with Gasteiger partial charge in [0.25, 0.3) is 0 Å². The molecule has 1 aliphatic heterocycles. The van der Waals surface area contributed by atoms with Crippen molar-refractivity contribution in [2.24, 2.45) is 10.4 Å². The fraction of sp³-hybridized carbons (Fsp3) is 0.258. The molecule has 4 aromatic rings. The van der Waals surface area contributed by atoms with Crippen molar-refractivity contribution in [3.8, 4) is 0 Å². The third kappa shape index (κ3) is 5.84. The number of rotatable bonds is 4. The average Bonchev–Trinajstić information content (AvgIpc) is 3.61. The Morgan fingerprint density at radius 3 is 1.86 bits per heavy atom. The molecule has 0 fully saturated rings. The predicted molar refractivity (Wildman–Crippen MR) is 140 cm³/mol. The Kier molecular flexibility index (Phi) is 8.56. The van der Waals surface area contributed by atoms with Crippen LogP contribution in [0.2, 0.25) is 0 Å². The van der Waals surface area contributed by atoms with Gasteiger partial charge in [-0.2, -0.15) is 18.2 Å². The van der Waals surface area contributed by atoms with Crippen LogP contribution in [0.15, 0.2) is 108 Å². The minimum absolute atomic E-state index is 0. The molecule has 3 nitrogen and oxygen atoms in total. The van der Waals surface area contributed by atoms with Crippen molar-refractivity contribution in [3.63, 3.8) is 0 Å². The number of aliphatic hydroxyl groups is 1. The summed E-state index contributed by atoms with van der Waals surface area (Å²) in [5, 5.41) is 11.3. The smallest absolute Gasteiger partial charge is 0.130 e. The van der Waals surface area contributed by atoms with E-state index in [4.69, 9.17) is 4.74 Å². The molecule has 1 aliphatic rings. The van der Waals surface area contributed by atoms with Crippen molar-refractivity contribution in [3.05, 3.63) is 131 Å². The SMILES string of the molecule is C[c-]1cccc1C1=NC(C(C)(C)C)CO1.OC(c1ccccc1)(c1ccccc1)[c-]1[cH-][cH-][cH-][cH-]1.[Fe]. The normalized spacial score (nSPS) is 15.3. The molecule has 0 saturated heterocycles. The molecule has 0 spiro atoms. The van der Waals surface area contributed by atoms with E-state index < -0.39 is 5.60 Å². The monoisotopic (exact) mass is 507 g/mol. The van der Waals surface area contributed by atoms with E-state index in [0.29, 0.717) is 6.61 Å². The van der Waals surface area contributed by atoms with Crippen molar-refractivity contribution in [1.29, 1.82) is 0 Å². The zero-order chi connectivity index (χ0) is 24.2. The molecule has 0 radical (unpaired) electrons. The van der Waals surface area contributed by atoms with Crippen molar-refractivity contribution < 1.29 is 26.9 Å². The molecule has 0 aliphatic carbocycles. The maximum atomic E-state index is 11.3. The molecule has 1 unspecified atom stereocenters. The summed E-state index contributed by atoms with van der Waals surface area (Å²) in [4.78, 5) is 4.66. The number of benzene rings is 2. The van der Waals surface area contributed by atoms with E-state index in [2.05, 4.69) is 44.8 Å². The summed E-state index contributed by atoms with van der Waals surface area (Å²) in [7, 11) is 0. The van der Waals surface area contributed by atoms with E-state index in [0.717, 1.165) is 28.2 Å². The van der Waals surface area contributed by atoms with E-state index in [1.807, 2.05) is 91.0 Å². The Balaban J connectivity index is 0.000000195. The van der Waals surface area contributed by atoms with Crippen LogP contribution >= 0.6 is 0 Å². The summed E-state index contributed by atoms with van der Waals surface area (Å²) >= 11 is 0. The predicted octanol–water partition coefficient (Wildman–Crippen LogP) is 6.59. The van der Waals surface area contributed by atoms with Gasteiger partial charge in [0.15, 0.2) is 0 Å². The van der Waals surface area contributed by atoms with Crippen LogP contribution in [0.25, 0.3) is 0 Å². The first kappa shape index (κ1) is 26.7. The van der Waals surface area contributed by atoms with Gasteiger partial charge >= 0.3 is 0 Å². The molecule has 4 heteroatoms. The van der Waals surface area contributed by atoms with Gasteiger partial charge in [-0.25, -0.2) is 0 Å². The first-order valence-electron chi connectivity index (χ1n) is 11.8. The first-order chi connectivity index (χ1) is 16.3. The Morgan fingerprint density at radius 1 is 0.886 bits per heavy atom. The van der Waals surface area contributed by atoms with E-state index in [1.54, 1.807) is 0 Å². The molecular formula is C31H33FeNO2-6. The summed E-state index contributed by atoms with van der Waals surface area (Å²) in [5.74, 6) is 0.817. The van der Waals surface area contributed by atoms with Gasteiger partial charge < -0.3 is 39.7 Å². The molecule has 4 aromatic carbocycles. The van der Waals surface area contributed by atoms with Crippen LogP contribution in [0.3, 0.4) is 0 Å². The Hall–Kier alpha value is -2.91. The van der Waals surface area contributed by atoms with Crippen LogP contribution < -0.4 is 0 Å². The molecule has 0 amide bonds. The second kappa shape index (κ2) is 11.2. The minimum Gasteiger partial charge on any atom is -0.747 e. The van der Waals surface area contributed by atoms with Crippen molar-refractivity contribution in [1.82, 2.24) is 0 Å². The summed E-state index contributed by atoms with van der Waals surface area (Å²) in [6.45, 7) is 9.40. The van der Waals surface area contributed by atoms with Gasteiger partial charge in [0.2, 0.25) is 0 Å². The molecule has 1 heterocycles. The third-order valence-corrected chi connectivity index (χ3v) is 6.38. The third-order valence-electron chi connectivity index (χ3n) is 6.38. The fourth-order valence-electron chi connectivity index (χ4n) is 4.19. The number of nitrogens with zero attached hydrogens (tertiary/aromatic N) is 1.